The molecule has 216 valence electrons. The lowest BCUT2D eigenvalue weighted by atomic mass is 10.0. The summed E-state index contributed by atoms with van der Waals surface area (Å²) in [7, 11) is 0. The van der Waals surface area contributed by atoms with Crippen molar-refractivity contribution in [2.75, 3.05) is 19.0 Å². The molecule has 3 aromatic carbocycles. The molecule has 0 atom stereocenters. The second-order valence-corrected chi connectivity index (χ2v) is 12.2. The average molecular weight is 619 g/mol. The van der Waals surface area contributed by atoms with Gasteiger partial charge in [0.15, 0.2) is 0 Å². The van der Waals surface area contributed by atoms with Gasteiger partial charge in [0.1, 0.15) is 0 Å². The van der Waals surface area contributed by atoms with Gasteiger partial charge in [-0.25, -0.2) is 4.79 Å². The van der Waals surface area contributed by atoms with E-state index in [-0.39, 0.29) is 5.78 Å². The molecule has 0 aliphatic heterocycles. The predicted octanol–water partition coefficient (Wildman–Crippen LogP) is 8.62. The third-order valence-corrected chi connectivity index (χ3v) is 9.01. The van der Waals surface area contributed by atoms with Crippen LogP contribution in [0.1, 0.15) is 47.5 Å². The summed E-state index contributed by atoms with van der Waals surface area (Å²) in [4.78, 5) is 31.8. The Balaban J connectivity index is 1.49. The largest absolute Gasteiger partial charge is 0.380 e. The fourth-order valence-electron chi connectivity index (χ4n) is 4.84. The van der Waals surface area contributed by atoms with Crippen LogP contribution in [-0.4, -0.2) is 41.0 Å². The number of oxime groups is 1. The van der Waals surface area contributed by atoms with E-state index in [1.165, 1.54) is 18.3 Å². The number of carbonyl (C=O) groups excluding carboxylic acids is 2. The van der Waals surface area contributed by atoms with Crippen LogP contribution in [0.25, 0.3) is 21.8 Å². The molecular weight excluding hydrogens is 588 g/mol. The zero-order chi connectivity index (χ0) is 29.5. The Hall–Kier alpha value is -3.43. The van der Waals surface area contributed by atoms with Crippen molar-refractivity contribution >= 4 is 74.0 Å². The van der Waals surface area contributed by atoms with Gasteiger partial charge in [0, 0.05) is 62.9 Å². The van der Waals surface area contributed by atoms with E-state index in [0.717, 1.165) is 44.4 Å². The number of ether oxygens (including phenoxy) is 1. The number of thiophene rings is 1. The van der Waals surface area contributed by atoms with Gasteiger partial charge in [-0.1, -0.05) is 28.9 Å². The highest BCUT2D eigenvalue weighted by molar-refractivity contribution is 7.99. The van der Waals surface area contributed by atoms with Gasteiger partial charge in [0.05, 0.1) is 17.2 Å². The first-order valence-electron chi connectivity index (χ1n) is 13.8. The lowest BCUT2D eigenvalue weighted by molar-refractivity contribution is -0.140. The highest BCUT2D eigenvalue weighted by Crippen LogP contribution is 2.32. The molecule has 0 radical (unpaired) electrons. The maximum Gasteiger partial charge on any atom is 0.331 e. The molecule has 42 heavy (non-hydrogen) atoms. The van der Waals surface area contributed by atoms with Crippen LogP contribution < -0.4 is 0 Å². The normalized spacial score (nSPS) is 11.8. The smallest absolute Gasteiger partial charge is 0.331 e. The second-order valence-electron chi connectivity index (χ2n) is 9.65. The summed E-state index contributed by atoms with van der Waals surface area (Å²) in [5.74, 6) is 0.412. The minimum atomic E-state index is -0.464. The van der Waals surface area contributed by atoms with Gasteiger partial charge in [-0.05, 0) is 91.6 Å². The summed E-state index contributed by atoms with van der Waals surface area (Å²) < 4.78 is 7.91. The van der Waals surface area contributed by atoms with Gasteiger partial charge in [-0.15, -0.1) is 23.1 Å². The van der Waals surface area contributed by atoms with Crippen molar-refractivity contribution in [3.63, 3.8) is 0 Å². The Labute approximate surface area is 258 Å². The number of halogens is 1. The first kappa shape index (κ1) is 30.0. The quantitative estimate of drug-likeness (QED) is 0.0330. The van der Waals surface area contributed by atoms with Crippen molar-refractivity contribution in [1.29, 1.82) is 0 Å². The highest BCUT2D eigenvalue weighted by Gasteiger charge is 2.17. The van der Waals surface area contributed by atoms with Crippen molar-refractivity contribution < 1.29 is 19.2 Å². The number of nitrogens with zero attached hydrogens (tertiary/aromatic N) is 2. The molecule has 5 rings (SSSR count). The third kappa shape index (κ3) is 7.13. The molecule has 2 aromatic heterocycles. The minimum Gasteiger partial charge on any atom is -0.380 e. The van der Waals surface area contributed by atoms with E-state index in [4.69, 9.17) is 21.2 Å². The number of benzene rings is 3. The standard InChI is InChI=1S/C33H31ClN2O4S2/c1-3-39-17-16-36-30-14-8-23(29(35-40-22(2)37)6-4-18-41-26-12-10-25(34)11-13-26)20-27(30)28-21-24(9-15-31(28)36)33(38)32-7-5-19-42-32/h5,7-15,19-21H,3-4,6,16-18H2,1-2H3/b35-29+. The Bertz CT molecular complexity index is 1730. The zero-order valence-corrected chi connectivity index (χ0v) is 25.9. The lowest BCUT2D eigenvalue weighted by Crippen LogP contribution is -2.07. The Morgan fingerprint density at radius 2 is 1.69 bits per heavy atom. The number of carbonyl (C=O) groups is 2. The van der Waals surface area contributed by atoms with Gasteiger partial charge in [-0.3, -0.25) is 4.79 Å². The number of thioether (sulfide) groups is 1. The van der Waals surface area contributed by atoms with E-state index in [9.17, 15) is 9.59 Å². The molecule has 5 aromatic rings. The molecule has 2 heterocycles. The van der Waals surface area contributed by atoms with Gasteiger partial charge in [-0.2, -0.15) is 0 Å². The average Bonchev–Trinajstić information content (AvgIpc) is 3.64. The number of rotatable bonds is 13. The summed E-state index contributed by atoms with van der Waals surface area (Å²) >= 11 is 9.19. The first-order chi connectivity index (χ1) is 20.4. The first-order valence-corrected chi connectivity index (χ1v) is 16.0. The molecule has 0 saturated carbocycles. The second kappa shape index (κ2) is 14.2. The number of ketones is 1. The molecule has 0 aliphatic rings. The summed E-state index contributed by atoms with van der Waals surface area (Å²) in [6.45, 7) is 5.24. The zero-order valence-electron chi connectivity index (χ0n) is 23.5. The summed E-state index contributed by atoms with van der Waals surface area (Å²) in [6.07, 6.45) is 1.46. The van der Waals surface area contributed by atoms with Crippen LogP contribution in [0.3, 0.4) is 0 Å². The fourth-order valence-corrected chi connectivity index (χ4v) is 6.50. The molecule has 0 aliphatic carbocycles. The summed E-state index contributed by atoms with van der Waals surface area (Å²) in [6, 6.07) is 23.6. The molecule has 0 unspecified atom stereocenters. The fraction of sp³-hybridized carbons (Fsp3) is 0.242. The van der Waals surface area contributed by atoms with Crippen LogP contribution in [0, 0.1) is 0 Å². The van der Waals surface area contributed by atoms with Crippen LogP contribution in [0.5, 0.6) is 0 Å². The molecule has 9 heteroatoms. The van der Waals surface area contributed by atoms with Crippen LogP contribution in [0.2, 0.25) is 5.02 Å². The number of aromatic nitrogens is 1. The third-order valence-electron chi connectivity index (χ3n) is 6.79. The topological polar surface area (TPSA) is 69.9 Å². The van der Waals surface area contributed by atoms with E-state index in [2.05, 4.69) is 21.9 Å². The van der Waals surface area contributed by atoms with Crippen molar-refractivity contribution in [3.05, 3.63) is 99.2 Å². The lowest BCUT2D eigenvalue weighted by Gasteiger charge is -2.09. The van der Waals surface area contributed by atoms with Gasteiger partial charge in [0.25, 0.3) is 0 Å². The van der Waals surface area contributed by atoms with Crippen molar-refractivity contribution in [3.8, 4) is 0 Å². The van der Waals surface area contributed by atoms with Crippen molar-refractivity contribution in [2.45, 2.75) is 38.1 Å². The maximum absolute atomic E-state index is 13.2. The highest BCUT2D eigenvalue weighted by atomic mass is 35.5. The Morgan fingerprint density at radius 3 is 2.36 bits per heavy atom. The van der Waals surface area contributed by atoms with Crippen LogP contribution in [-0.2, 0) is 20.9 Å². The molecule has 0 amide bonds. The molecule has 0 N–H and O–H groups in total. The molecule has 0 spiro atoms. The number of hydrogen-bond donors (Lipinski definition) is 0. The number of fused-ring (bicyclic) bond motifs is 3. The summed E-state index contributed by atoms with van der Waals surface area (Å²) in [5.41, 5.74) is 4.29. The summed E-state index contributed by atoms with van der Waals surface area (Å²) in [5, 5.41) is 8.86. The minimum absolute atomic E-state index is 0.00793. The SMILES string of the molecule is CCOCCn1c2ccc(C(=O)c3cccs3)cc2c2cc(/C(CCCSc3ccc(Cl)cc3)=N/OC(C)=O)ccc21. The molecule has 0 fully saturated rings. The van der Waals surface area contributed by atoms with E-state index in [0.29, 0.717) is 47.4 Å². The van der Waals surface area contributed by atoms with E-state index < -0.39 is 5.97 Å². The van der Waals surface area contributed by atoms with Crippen molar-refractivity contribution in [1.82, 2.24) is 4.57 Å². The van der Waals surface area contributed by atoms with E-state index in [1.807, 2.05) is 73.0 Å². The number of hydrogen-bond acceptors (Lipinski definition) is 7. The molecular formula is C33H31ClN2O4S2. The Morgan fingerprint density at radius 1 is 0.976 bits per heavy atom. The predicted molar refractivity (Wildman–Crippen MR) is 173 cm³/mol. The van der Waals surface area contributed by atoms with Crippen LogP contribution in [0.15, 0.2) is 88.2 Å². The van der Waals surface area contributed by atoms with Gasteiger partial charge < -0.3 is 14.1 Å². The van der Waals surface area contributed by atoms with Crippen LogP contribution >= 0.6 is 34.7 Å². The van der Waals surface area contributed by atoms with E-state index in [1.54, 1.807) is 11.8 Å². The van der Waals surface area contributed by atoms with Gasteiger partial charge in [0.2, 0.25) is 5.78 Å². The molecule has 0 bridgehead atoms. The molecule has 6 nitrogen and oxygen atoms in total. The van der Waals surface area contributed by atoms with Crippen molar-refractivity contribution in [2.24, 2.45) is 5.16 Å². The maximum atomic E-state index is 13.2. The monoisotopic (exact) mass is 618 g/mol. The Kier molecular flexibility index (Phi) is 10.1. The van der Waals surface area contributed by atoms with E-state index >= 15 is 0 Å². The van der Waals surface area contributed by atoms with Gasteiger partial charge >= 0.3 is 5.97 Å². The van der Waals surface area contributed by atoms with Crippen LogP contribution in [0.4, 0.5) is 0 Å². The molecule has 0 saturated heterocycles.